The number of ketones is 1. The average Bonchev–Trinajstić information content (AvgIpc) is 2.78. The molecule has 0 aromatic rings. The lowest BCUT2D eigenvalue weighted by atomic mass is 9.69. The van der Waals surface area contributed by atoms with Crippen LogP contribution in [0.15, 0.2) is 25.3 Å². The second-order valence-corrected chi connectivity index (χ2v) is 5.15. The molecule has 18 heavy (non-hydrogen) atoms. The van der Waals surface area contributed by atoms with E-state index >= 15 is 0 Å². The molecule has 0 radical (unpaired) electrons. The molecule has 3 heteroatoms. The summed E-state index contributed by atoms with van der Waals surface area (Å²) in [6.45, 7) is 8.60. The van der Waals surface area contributed by atoms with Crippen LogP contribution in [-0.2, 0) is 14.3 Å². The van der Waals surface area contributed by atoms with Crippen LogP contribution in [0.3, 0.4) is 0 Å². The van der Waals surface area contributed by atoms with E-state index in [4.69, 9.17) is 9.47 Å². The summed E-state index contributed by atoms with van der Waals surface area (Å²) in [4.78, 5) is 12.5. The Morgan fingerprint density at radius 3 is 2.39 bits per heavy atom. The molecule has 3 nitrogen and oxygen atoms in total. The van der Waals surface area contributed by atoms with E-state index in [1.54, 1.807) is 6.08 Å². The number of carbonyl (C=O) groups excluding carboxylic acids is 1. The van der Waals surface area contributed by atoms with Crippen LogP contribution in [0.5, 0.6) is 0 Å². The van der Waals surface area contributed by atoms with Gasteiger partial charge in [-0.15, -0.1) is 6.58 Å². The standard InChI is InChI=1S/C15H22O3/c1-3-8-14(13(16)4-2)9-6-5-7-10-15(14)17-11-12-18-15/h3-4H,1-2,5-12H2. The predicted molar refractivity (Wildman–Crippen MR) is 70.2 cm³/mol. The van der Waals surface area contributed by atoms with E-state index in [1.165, 1.54) is 6.08 Å². The minimum atomic E-state index is -0.747. The summed E-state index contributed by atoms with van der Waals surface area (Å²) in [6.07, 6.45) is 8.60. The molecule has 0 aromatic carbocycles. The van der Waals surface area contributed by atoms with Crippen LogP contribution in [0.25, 0.3) is 0 Å². The second kappa shape index (κ2) is 5.37. The summed E-state index contributed by atoms with van der Waals surface area (Å²) in [5.74, 6) is -0.714. The van der Waals surface area contributed by atoms with Crippen LogP contribution in [0.4, 0.5) is 0 Å². The molecule has 1 spiro atoms. The molecule has 1 atom stereocenters. The van der Waals surface area contributed by atoms with Crippen molar-refractivity contribution in [2.45, 2.75) is 44.3 Å². The maximum absolute atomic E-state index is 12.5. The van der Waals surface area contributed by atoms with Gasteiger partial charge in [-0.1, -0.05) is 25.5 Å². The summed E-state index contributed by atoms with van der Waals surface area (Å²) in [6, 6.07) is 0. The van der Waals surface area contributed by atoms with Gasteiger partial charge in [0.05, 0.1) is 18.6 Å². The van der Waals surface area contributed by atoms with E-state index in [-0.39, 0.29) is 5.78 Å². The van der Waals surface area contributed by atoms with Gasteiger partial charge in [-0.2, -0.15) is 0 Å². The van der Waals surface area contributed by atoms with Crippen LogP contribution in [0, 0.1) is 5.41 Å². The number of hydrogen-bond donors (Lipinski definition) is 0. The second-order valence-electron chi connectivity index (χ2n) is 5.15. The summed E-state index contributed by atoms with van der Waals surface area (Å²) in [7, 11) is 0. The van der Waals surface area contributed by atoms with Crippen molar-refractivity contribution in [3.8, 4) is 0 Å². The third kappa shape index (κ3) is 1.95. The molecule has 1 aliphatic heterocycles. The molecular weight excluding hydrogens is 228 g/mol. The van der Waals surface area contributed by atoms with Crippen LogP contribution < -0.4 is 0 Å². The van der Waals surface area contributed by atoms with Crippen LogP contribution in [-0.4, -0.2) is 24.8 Å². The van der Waals surface area contributed by atoms with E-state index in [1.807, 2.05) is 0 Å². The molecule has 0 aromatic heterocycles. The highest BCUT2D eigenvalue weighted by Crippen LogP contribution is 2.51. The van der Waals surface area contributed by atoms with Crippen molar-refractivity contribution >= 4 is 5.78 Å². The van der Waals surface area contributed by atoms with Crippen molar-refractivity contribution in [3.05, 3.63) is 25.3 Å². The summed E-state index contributed by atoms with van der Waals surface area (Å²) >= 11 is 0. The maximum atomic E-state index is 12.5. The largest absolute Gasteiger partial charge is 0.346 e. The molecule has 1 aliphatic carbocycles. The fourth-order valence-corrected chi connectivity index (χ4v) is 3.38. The number of rotatable bonds is 4. The molecule has 1 unspecified atom stereocenters. The zero-order valence-electron chi connectivity index (χ0n) is 11.0. The first-order valence-electron chi connectivity index (χ1n) is 6.76. The van der Waals surface area contributed by atoms with Crippen LogP contribution in [0.1, 0.15) is 38.5 Å². The first-order chi connectivity index (χ1) is 8.71. The van der Waals surface area contributed by atoms with E-state index in [0.29, 0.717) is 19.6 Å². The maximum Gasteiger partial charge on any atom is 0.181 e. The summed E-state index contributed by atoms with van der Waals surface area (Å²) in [5, 5.41) is 0. The number of ether oxygens (including phenoxy) is 2. The summed E-state index contributed by atoms with van der Waals surface area (Å²) in [5.41, 5.74) is -0.622. The van der Waals surface area contributed by atoms with Crippen molar-refractivity contribution in [1.29, 1.82) is 0 Å². The molecular formula is C15H22O3. The molecule has 0 amide bonds. The van der Waals surface area contributed by atoms with Gasteiger partial charge in [0.25, 0.3) is 0 Å². The molecule has 100 valence electrons. The van der Waals surface area contributed by atoms with Crippen molar-refractivity contribution in [3.63, 3.8) is 0 Å². The molecule has 2 fully saturated rings. The lowest BCUT2D eigenvalue weighted by Gasteiger charge is -2.43. The Hall–Kier alpha value is -0.930. The van der Waals surface area contributed by atoms with Crippen molar-refractivity contribution < 1.29 is 14.3 Å². The average molecular weight is 250 g/mol. The van der Waals surface area contributed by atoms with Crippen molar-refractivity contribution in [2.24, 2.45) is 5.41 Å². The van der Waals surface area contributed by atoms with Crippen LogP contribution >= 0.6 is 0 Å². The van der Waals surface area contributed by atoms with E-state index in [2.05, 4.69) is 13.2 Å². The topological polar surface area (TPSA) is 35.5 Å². The molecule has 2 rings (SSSR count). The molecule has 0 N–H and O–H groups in total. The Bertz CT molecular complexity index is 342. The zero-order valence-corrected chi connectivity index (χ0v) is 11.0. The first-order valence-corrected chi connectivity index (χ1v) is 6.76. The minimum absolute atomic E-state index is 0.0335. The number of allylic oxidation sites excluding steroid dienone is 2. The number of carbonyl (C=O) groups is 1. The Kier molecular flexibility index (Phi) is 4.03. The normalized spacial score (nSPS) is 30.9. The van der Waals surface area contributed by atoms with Crippen molar-refractivity contribution in [2.75, 3.05) is 13.2 Å². The Morgan fingerprint density at radius 1 is 1.11 bits per heavy atom. The monoisotopic (exact) mass is 250 g/mol. The van der Waals surface area contributed by atoms with E-state index in [9.17, 15) is 4.79 Å². The van der Waals surface area contributed by atoms with Gasteiger partial charge >= 0.3 is 0 Å². The third-order valence-corrected chi connectivity index (χ3v) is 4.24. The molecule has 1 saturated carbocycles. The van der Waals surface area contributed by atoms with E-state index in [0.717, 1.165) is 32.1 Å². The lowest BCUT2D eigenvalue weighted by molar-refractivity contribution is -0.233. The van der Waals surface area contributed by atoms with Crippen LogP contribution in [0.2, 0.25) is 0 Å². The quantitative estimate of drug-likeness (QED) is 0.568. The van der Waals surface area contributed by atoms with Gasteiger partial charge in [0.2, 0.25) is 0 Å². The highest BCUT2D eigenvalue weighted by Gasteiger charge is 2.58. The highest BCUT2D eigenvalue weighted by molar-refractivity contribution is 5.95. The molecule has 0 bridgehead atoms. The molecule has 2 aliphatic rings. The Labute approximate surface area is 109 Å². The SMILES string of the molecule is C=CCC1(C(=O)C=C)CCCCCC12OCCO2. The van der Waals surface area contributed by atoms with Gasteiger partial charge < -0.3 is 9.47 Å². The van der Waals surface area contributed by atoms with E-state index < -0.39 is 11.2 Å². The summed E-state index contributed by atoms with van der Waals surface area (Å²) < 4.78 is 11.8. The van der Waals surface area contributed by atoms with Gasteiger partial charge in [-0.25, -0.2) is 0 Å². The lowest BCUT2D eigenvalue weighted by Crippen LogP contribution is -2.53. The van der Waals surface area contributed by atoms with Gasteiger partial charge in [-0.05, 0) is 25.3 Å². The minimum Gasteiger partial charge on any atom is -0.346 e. The van der Waals surface area contributed by atoms with Gasteiger partial charge in [0.1, 0.15) is 0 Å². The zero-order chi connectivity index (χ0) is 13.1. The third-order valence-electron chi connectivity index (χ3n) is 4.24. The molecule has 1 saturated heterocycles. The van der Waals surface area contributed by atoms with Gasteiger partial charge in [0, 0.05) is 6.42 Å². The van der Waals surface area contributed by atoms with Gasteiger partial charge in [0.15, 0.2) is 11.6 Å². The smallest absolute Gasteiger partial charge is 0.181 e. The number of hydrogen-bond acceptors (Lipinski definition) is 3. The molecule has 1 heterocycles. The Morgan fingerprint density at radius 2 is 1.78 bits per heavy atom. The Balaban J connectivity index is 2.44. The highest BCUT2D eigenvalue weighted by atomic mass is 16.7. The van der Waals surface area contributed by atoms with Gasteiger partial charge in [-0.3, -0.25) is 4.79 Å². The first kappa shape index (κ1) is 13.5. The van der Waals surface area contributed by atoms with Crippen molar-refractivity contribution in [1.82, 2.24) is 0 Å². The fraction of sp³-hybridized carbons (Fsp3) is 0.667. The predicted octanol–water partition coefficient (Wildman–Crippen LogP) is 3.01. The fourth-order valence-electron chi connectivity index (χ4n) is 3.38.